The lowest BCUT2D eigenvalue weighted by atomic mass is 10.0. The SMILES string of the molecule is COC(=O)C1Cc2ccc(-c3cccc(N(C)C)n3)cc2C1. The molecule has 3 rings (SSSR count). The van der Waals surface area contributed by atoms with E-state index >= 15 is 0 Å². The van der Waals surface area contributed by atoms with Gasteiger partial charge in [-0.2, -0.15) is 0 Å². The van der Waals surface area contributed by atoms with Gasteiger partial charge in [0.1, 0.15) is 5.82 Å². The summed E-state index contributed by atoms with van der Waals surface area (Å²) in [6.07, 6.45) is 1.52. The molecule has 1 aliphatic rings. The van der Waals surface area contributed by atoms with Crippen LogP contribution in [0.2, 0.25) is 0 Å². The van der Waals surface area contributed by atoms with Gasteiger partial charge in [0.05, 0.1) is 18.7 Å². The van der Waals surface area contributed by atoms with Gasteiger partial charge in [0.25, 0.3) is 0 Å². The molecule has 1 unspecified atom stereocenters. The molecule has 2 aromatic rings. The van der Waals surface area contributed by atoms with E-state index in [4.69, 9.17) is 4.74 Å². The number of carbonyl (C=O) groups excluding carboxylic acids is 1. The van der Waals surface area contributed by atoms with Crippen LogP contribution in [0.1, 0.15) is 11.1 Å². The minimum atomic E-state index is -0.120. The Hall–Kier alpha value is -2.36. The highest BCUT2D eigenvalue weighted by Gasteiger charge is 2.28. The topological polar surface area (TPSA) is 42.4 Å². The van der Waals surface area contributed by atoms with Crippen LogP contribution in [0.5, 0.6) is 0 Å². The van der Waals surface area contributed by atoms with Crippen LogP contribution in [0, 0.1) is 5.92 Å². The first-order valence-electron chi connectivity index (χ1n) is 7.43. The van der Waals surface area contributed by atoms with E-state index in [-0.39, 0.29) is 11.9 Å². The normalized spacial score (nSPS) is 16.2. The monoisotopic (exact) mass is 296 g/mol. The molecule has 1 heterocycles. The van der Waals surface area contributed by atoms with Gasteiger partial charge in [-0.05, 0) is 42.2 Å². The molecule has 0 saturated heterocycles. The summed E-state index contributed by atoms with van der Waals surface area (Å²) < 4.78 is 4.87. The zero-order valence-electron chi connectivity index (χ0n) is 13.2. The first-order valence-corrected chi connectivity index (χ1v) is 7.43. The first-order chi connectivity index (χ1) is 10.6. The second-order valence-electron chi connectivity index (χ2n) is 5.89. The summed E-state index contributed by atoms with van der Waals surface area (Å²) in [5, 5.41) is 0. The molecular formula is C18H20N2O2. The molecule has 0 fully saturated rings. The Labute approximate surface area is 130 Å². The number of benzene rings is 1. The summed E-state index contributed by atoms with van der Waals surface area (Å²) in [4.78, 5) is 18.4. The Bertz CT molecular complexity index is 710. The summed E-state index contributed by atoms with van der Waals surface area (Å²) in [6, 6.07) is 12.4. The number of anilines is 1. The third-order valence-electron chi connectivity index (χ3n) is 4.16. The number of rotatable bonds is 3. The van der Waals surface area contributed by atoms with E-state index in [0.29, 0.717) is 0 Å². The van der Waals surface area contributed by atoms with E-state index in [1.54, 1.807) is 0 Å². The Balaban J connectivity index is 1.90. The van der Waals surface area contributed by atoms with E-state index < -0.39 is 0 Å². The molecule has 0 aliphatic heterocycles. The maximum Gasteiger partial charge on any atom is 0.309 e. The van der Waals surface area contributed by atoms with Crippen molar-refractivity contribution in [3.63, 3.8) is 0 Å². The van der Waals surface area contributed by atoms with Crippen molar-refractivity contribution < 1.29 is 9.53 Å². The van der Waals surface area contributed by atoms with E-state index in [9.17, 15) is 4.79 Å². The number of hydrogen-bond donors (Lipinski definition) is 0. The average Bonchev–Trinajstić information content (AvgIpc) is 2.97. The van der Waals surface area contributed by atoms with Gasteiger partial charge in [0.2, 0.25) is 0 Å². The van der Waals surface area contributed by atoms with Crippen molar-refractivity contribution in [3.05, 3.63) is 47.5 Å². The first kappa shape index (κ1) is 14.6. The second kappa shape index (κ2) is 5.79. The molecule has 1 aromatic heterocycles. The van der Waals surface area contributed by atoms with Gasteiger partial charge in [0.15, 0.2) is 0 Å². The van der Waals surface area contributed by atoms with Crippen LogP contribution in [0.25, 0.3) is 11.3 Å². The smallest absolute Gasteiger partial charge is 0.309 e. The van der Waals surface area contributed by atoms with Crippen LogP contribution in [0.4, 0.5) is 5.82 Å². The summed E-state index contributed by atoms with van der Waals surface area (Å²) in [6.45, 7) is 0. The lowest BCUT2D eigenvalue weighted by molar-refractivity contribution is -0.145. The number of fused-ring (bicyclic) bond motifs is 1. The van der Waals surface area contributed by atoms with Gasteiger partial charge in [-0.1, -0.05) is 18.2 Å². The van der Waals surface area contributed by atoms with Crippen molar-refractivity contribution in [2.75, 3.05) is 26.1 Å². The van der Waals surface area contributed by atoms with Gasteiger partial charge in [-0.3, -0.25) is 4.79 Å². The van der Waals surface area contributed by atoms with Crippen molar-refractivity contribution in [2.24, 2.45) is 5.92 Å². The zero-order chi connectivity index (χ0) is 15.7. The summed E-state index contributed by atoms with van der Waals surface area (Å²) >= 11 is 0. The third-order valence-corrected chi connectivity index (χ3v) is 4.16. The molecule has 0 saturated carbocycles. The fourth-order valence-electron chi connectivity index (χ4n) is 2.94. The van der Waals surface area contributed by atoms with Crippen molar-refractivity contribution in [2.45, 2.75) is 12.8 Å². The number of ether oxygens (including phenoxy) is 1. The maximum atomic E-state index is 11.7. The lowest BCUT2D eigenvalue weighted by Gasteiger charge is -2.12. The molecule has 0 bridgehead atoms. The van der Waals surface area contributed by atoms with Crippen LogP contribution in [-0.4, -0.2) is 32.2 Å². The molecule has 22 heavy (non-hydrogen) atoms. The van der Waals surface area contributed by atoms with Gasteiger partial charge in [-0.25, -0.2) is 4.98 Å². The highest BCUT2D eigenvalue weighted by molar-refractivity contribution is 5.75. The van der Waals surface area contributed by atoms with Crippen LogP contribution < -0.4 is 4.90 Å². The Morgan fingerprint density at radius 2 is 1.95 bits per heavy atom. The molecule has 114 valence electrons. The number of carbonyl (C=O) groups is 1. The molecule has 0 N–H and O–H groups in total. The average molecular weight is 296 g/mol. The highest BCUT2D eigenvalue weighted by atomic mass is 16.5. The molecule has 1 aliphatic carbocycles. The number of hydrogen-bond acceptors (Lipinski definition) is 4. The summed E-state index contributed by atoms with van der Waals surface area (Å²) in [5.41, 5.74) is 4.51. The van der Waals surface area contributed by atoms with Gasteiger partial charge < -0.3 is 9.64 Å². The van der Waals surface area contributed by atoms with Gasteiger partial charge in [-0.15, -0.1) is 0 Å². The fraction of sp³-hybridized carbons (Fsp3) is 0.333. The van der Waals surface area contributed by atoms with Crippen molar-refractivity contribution in [1.29, 1.82) is 0 Å². The van der Waals surface area contributed by atoms with Crippen molar-refractivity contribution in [3.8, 4) is 11.3 Å². The number of methoxy groups -OCH3 is 1. The van der Waals surface area contributed by atoms with Crippen LogP contribution >= 0.6 is 0 Å². The van der Waals surface area contributed by atoms with Crippen LogP contribution in [0.15, 0.2) is 36.4 Å². The standard InChI is InChI=1S/C18H20N2O2/c1-20(2)17-6-4-5-16(19-17)13-8-7-12-9-15(18(21)22-3)11-14(12)10-13/h4-8,10,15H,9,11H2,1-3H3. The molecule has 0 spiro atoms. The van der Waals surface area contributed by atoms with Crippen molar-refractivity contribution >= 4 is 11.8 Å². The number of nitrogens with zero attached hydrogens (tertiary/aromatic N) is 2. The molecular weight excluding hydrogens is 276 g/mol. The minimum Gasteiger partial charge on any atom is -0.469 e. The van der Waals surface area contributed by atoms with E-state index in [1.165, 1.54) is 18.2 Å². The lowest BCUT2D eigenvalue weighted by Crippen LogP contribution is -2.15. The molecule has 1 atom stereocenters. The number of esters is 1. The number of aromatic nitrogens is 1. The fourth-order valence-corrected chi connectivity index (χ4v) is 2.94. The van der Waals surface area contributed by atoms with Crippen molar-refractivity contribution in [1.82, 2.24) is 4.98 Å². The van der Waals surface area contributed by atoms with Gasteiger partial charge in [0, 0.05) is 19.7 Å². The van der Waals surface area contributed by atoms with E-state index in [1.807, 2.05) is 37.2 Å². The Morgan fingerprint density at radius 1 is 1.18 bits per heavy atom. The highest BCUT2D eigenvalue weighted by Crippen LogP contribution is 2.31. The van der Waals surface area contributed by atoms with E-state index in [2.05, 4.69) is 23.2 Å². The Morgan fingerprint density at radius 3 is 2.68 bits per heavy atom. The predicted octanol–water partition coefficient (Wildman–Crippen LogP) is 2.70. The summed E-state index contributed by atoms with van der Waals surface area (Å²) in [7, 11) is 5.42. The van der Waals surface area contributed by atoms with Crippen LogP contribution in [-0.2, 0) is 22.4 Å². The van der Waals surface area contributed by atoms with Gasteiger partial charge >= 0.3 is 5.97 Å². The quantitative estimate of drug-likeness (QED) is 0.817. The molecule has 1 aromatic carbocycles. The zero-order valence-corrected chi connectivity index (χ0v) is 13.2. The molecule has 0 radical (unpaired) electrons. The third kappa shape index (κ3) is 2.69. The Kier molecular flexibility index (Phi) is 3.84. The maximum absolute atomic E-state index is 11.7. The minimum absolute atomic E-state index is 0.0451. The molecule has 0 amide bonds. The number of pyridine rings is 1. The van der Waals surface area contributed by atoms with Crippen LogP contribution in [0.3, 0.4) is 0 Å². The summed E-state index contributed by atoms with van der Waals surface area (Å²) in [5.74, 6) is 0.771. The largest absolute Gasteiger partial charge is 0.469 e. The second-order valence-corrected chi connectivity index (χ2v) is 5.89. The predicted molar refractivity (Wildman–Crippen MR) is 86.9 cm³/mol. The molecule has 4 nitrogen and oxygen atoms in total. The van der Waals surface area contributed by atoms with E-state index in [0.717, 1.165) is 29.9 Å². The molecule has 4 heteroatoms.